The van der Waals surface area contributed by atoms with Crippen LogP contribution >= 0.6 is 23.1 Å². The van der Waals surface area contributed by atoms with Crippen molar-refractivity contribution >= 4 is 35.2 Å². The largest absolute Gasteiger partial charge is 0.497 e. The molecule has 160 valence electrons. The Kier molecular flexibility index (Phi) is 7.16. The highest BCUT2D eigenvalue weighted by Crippen LogP contribution is 2.40. The Balaban J connectivity index is 1.88. The van der Waals surface area contributed by atoms with Crippen LogP contribution in [0.3, 0.4) is 0 Å². The summed E-state index contributed by atoms with van der Waals surface area (Å²) in [5.74, 6) is 1.30. The van der Waals surface area contributed by atoms with Gasteiger partial charge in [0.2, 0.25) is 5.06 Å². The van der Waals surface area contributed by atoms with Crippen LogP contribution in [0.4, 0.5) is 5.69 Å². The predicted octanol–water partition coefficient (Wildman–Crippen LogP) is 6.44. The lowest BCUT2D eigenvalue weighted by Crippen LogP contribution is -2.24. The van der Waals surface area contributed by atoms with E-state index >= 15 is 0 Å². The number of ether oxygens (including phenoxy) is 2. The Morgan fingerprint density at radius 2 is 1.97 bits per heavy atom. The van der Waals surface area contributed by atoms with Crippen molar-refractivity contribution in [3.8, 4) is 33.9 Å². The standard InChI is InChI=1S/C23H23ClN4O2S/c1-14(2)28(4)13-26-20-10-15(3)21(11-19(20)24)30-23-18(12-25)22(27-31-23)16-6-8-17(29-5)9-7-16/h6-11,13-14H,1-5H3. The molecule has 0 amide bonds. The average molecular weight is 455 g/mol. The normalized spacial score (nSPS) is 11.0. The number of nitriles is 1. The molecular weight excluding hydrogens is 432 g/mol. The van der Waals surface area contributed by atoms with Crippen molar-refractivity contribution in [2.75, 3.05) is 14.2 Å². The maximum atomic E-state index is 9.73. The summed E-state index contributed by atoms with van der Waals surface area (Å²) < 4.78 is 15.7. The number of hydrogen-bond donors (Lipinski definition) is 0. The Labute approximate surface area is 191 Å². The molecule has 31 heavy (non-hydrogen) atoms. The number of aromatic nitrogens is 1. The topological polar surface area (TPSA) is 70.7 Å². The summed E-state index contributed by atoms with van der Waals surface area (Å²) >= 11 is 7.56. The van der Waals surface area contributed by atoms with Crippen LogP contribution in [0.25, 0.3) is 11.3 Å². The fraction of sp³-hybridized carbons (Fsp3) is 0.261. The third-order valence-corrected chi connectivity index (χ3v) is 5.81. The number of aryl methyl sites for hydroxylation is 1. The number of halogens is 1. The minimum absolute atomic E-state index is 0.335. The second-order valence-electron chi connectivity index (χ2n) is 7.21. The van der Waals surface area contributed by atoms with Gasteiger partial charge < -0.3 is 14.4 Å². The van der Waals surface area contributed by atoms with Crippen molar-refractivity contribution in [1.29, 1.82) is 5.26 Å². The van der Waals surface area contributed by atoms with Crippen LogP contribution in [-0.4, -0.2) is 35.8 Å². The van der Waals surface area contributed by atoms with Crippen molar-refractivity contribution in [1.82, 2.24) is 9.27 Å². The fourth-order valence-electron chi connectivity index (χ4n) is 2.63. The van der Waals surface area contributed by atoms with Gasteiger partial charge in [-0.15, -0.1) is 0 Å². The van der Waals surface area contributed by atoms with E-state index < -0.39 is 0 Å². The second kappa shape index (κ2) is 9.82. The Bertz CT molecular complexity index is 1130. The minimum Gasteiger partial charge on any atom is -0.497 e. The number of hydrogen-bond acceptors (Lipinski definition) is 6. The molecule has 0 bridgehead atoms. The van der Waals surface area contributed by atoms with Crippen LogP contribution in [0.15, 0.2) is 41.4 Å². The Morgan fingerprint density at radius 3 is 2.58 bits per heavy atom. The molecule has 0 radical (unpaired) electrons. The molecule has 3 rings (SSSR count). The zero-order valence-electron chi connectivity index (χ0n) is 18.0. The Hall–Kier alpha value is -3.08. The summed E-state index contributed by atoms with van der Waals surface area (Å²) in [5.41, 5.74) is 3.28. The lowest BCUT2D eigenvalue weighted by molar-refractivity contribution is 0.415. The van der Waals surface area contributed by atoms with Crippen LogP contribution < -0.4 is 9.47 Å². The van der Waals surface area contributed by atoms with Gasteiger partial charge in [0, 0.05) is 36.3 Å². The van der Waals surface area contributed by atoms with Crippen molar-refractivity contribution in [3.05, 3.63) is 52.5 Å². The van der Waals surface area contributed by atoms with E-state index in [1.165, 1.54) is 0 Å². The molecular formula is C23H23ClN4O2S. The molecule has 0 aliphatic carbocycles. The quantitative estimate of drug-likeness (QED) is 0.303. The first-order valence-corrected chi connectivity index (χ1v) is 10.8. The van der Waals surface area contributed by atoms with Gasteiger partial charge >= 0.3 is 0 Å². The van der Waals surface area contributed by atoms with Gasteiger partial charge in [0.05, 0.1) is 24.2 Å². The molecule has 1 aromatic heterocycles. The summed E-state index contributed by atoms with van der Waals surface area (Å²) in [4.78, 5) is 6.46. The van der Waals surface area contributed by atoms with Crippen LogP contribution in [0.1, 0.15) is 25.0 Å². The zero-order valence-corrected chi connectivity index (χ0v) is 19.6. The van der Waals surface area contributed by atoms with Crippen LogP contribution in [0.2, 0.25) is 5.02 Å². The van der Waals surface area contributed by atoms with Crippen LogP contribution in [0.5, 0.6) is 16.6 Å². The SMILES string of the molecule is COc1ccc(-c2nsc(Oc3cc(Cl)c(N=CN(C)C(C)C)cc3C)c2C#N)cc1. The number of methoxy groups -OCH3 is 1. The molecule has 0 aliphatic rings. The first-order valence-electron chi connectivity index (χ1n) is 9.62. The monoisotopic (exact) mass is 454 g/mol. The maximum absolute atomic E-state index is 9.73. The zero-order chi connectivity index (χ0) is 22.5. The van der Waals surface area contributed by atoms with Gasteiger partial charge in [-0.1, -0.05) is 11.6 Å². The van der Waals surface area contributed by atoms with Crippen molar-refractivity contribution in [3.63, 3.8) is 0 Å². The lowest BCUT2D eigenvalue weighted by atomic mass is 10.1. The van der Waals surface area contributed by atoms with Crippen LogP contribution in [0, 0.1) is 18.3 Å². The molecule has 0 unspecified atom stereocenters. The van der Waals surface area contributed by atoms with Crippen molar-refractivity contribution < 1.29 is 9.47 Å². The highest BCUT2D eigenvalue weighted by molar-refractivity contribution is 7.08. The van der Waals surface area contributed by atoms with Gasteiger partial charge in [-0.05, 0) is 56.7 Å². The highest BCUT2D eigenvalue weighted by Gasteiger charge is 2.19. The molecule has 0 atom stereocenters. The fourth-order valence-corrected chi connectivity index (χ4v) is 3.57. The smallest absolute Gasteiger partial charge is 0.218 e. The van der Waals surface area contributed by atoms with E-state index in [4.69, 9.17) is 21.1 Å². The maximum Gasteiger partial charge on any atom is 0.218 e. The van der Waals surface area contributed by atoms with Crippen molar-refractivity contribution in [2.24, 2.45) is 4.99 Å². The van der Waals surface area contributed by atoms with Crippen molar-refractivity contribution in [2.45, 2.75) is 26.8 Å². The molecule has 6 nitrogen and oxygen atoms in total. The molecule has 0 aliphatic heterocycles. The summed E-state index contributed by atoms with van der Waals surface area (Å²) in [6.07, 6.45) is 1.75. The van der Waals surface area contributed by atoms with E-state index in [0.29, 0.717) is 38.8 Å². The second-order valence-corrected chi connectivity index (χ2v) is 8.35. The summed E-state index contributed by atoms with van der Waals surface area (Å²) in [7, 11) is 3.57. The molecule has 3 aromatic rings. The molecule has 0 saturated carbocycles. The van der Waals surface area contributed by atoms with E-state index in [0.717, 1.165) is 28.4 Å². The van der Waals surface area contributed by atoms with Gasteiger partial charge in [0.15, 0.2) is 0 Å². The molecule has 0 fully saturated rings. The predicted molar refractivity (Wildman–Crippen MR) is 126 cm³/mol. The van der Waals surface area contributed by atoms with Gasteiger partial charge in [-0.3, -0.25) is 0 Å². The van der Waals surface area contributed by atoms with Crippen LogP contribution in [-0.2, 0) is 0 Å². The third kappa shape index (κ3) is 5.16. The van der Waals surface area contributed by atoms with Gasteiger partial charge in [0.25, 0.3) is 0 Å². The van der Waals surface area contributed by atoms with E-state index in [1.54, 1.807) is 19.5 Å². The molecule has 2 aromatic carbocycles. The molecule has 0 spiro atoms. The number of rotatable bonds is 7. The third-order valence-electron chi connectivity index (χ3n) is 4.78. The Morgan fingerprint density at radius 1 is 1.26 bits per heavy atom. The van der Waals surface area contributed by atoms with Gasteiger partial charge in [-0.25, -0.2) is 4.99 Å². The van der Waals surface area contributed by atoms with E-state index in [2.05, 4.69) is 29.3 Å². The number of nitrogens with zero attached hydrogens (tertiary/aromatic N) is 4. The molecule has 8 heteroatoms. The average Bonchev–Trinajstić information content (AvgIpc) is 3.17. The lowest BCUT2D eigenvalue weighted by Gasteiger charge is -2.17. The first-order chi connectivity index (χ1) is 14.8. The highest BCUT2D eigenvalue weighted by atomic mass is 35.5. The number of aliphatic imine (C=N–C) groups is 1. The minimum atomic E-state index is 0.335. The number of benzene rings is 2. The summed E-state index contributed by atoms with van der Waals surface area (Å²) in [5, 5.41) is 10.6. The molecule has 0 saturated heterocycles. The van der Waals surface area contributed by atoms with E-state index in [9.17, 15) is 5.26 Å². The summed E-state index contributed by atoms with van der Waals surface area (Å²) in [6, 6.07) is 13.5. The first kappa shape index (κ1) is 22.6. The molecule has 0 N–H and O–H groups in total. The molecule has 1 heterocycles. The summed E-state index contributed by atoms with van der Waals surface area (Å²) in [6.45, 7) is 6.07. The van der Waals surface area contributed by atoms with Gasteiger partial charge in [-0.2, -0.15) is 9.64 Å². The van der Waals surface area contributed by atoms with Gasteiger partial charge in [0.1, 0.15) is 28.8 Å². The van der Waals surface area contributed by atoms with E-state index in [1.807, 2.05) is 49.2 Å². The van der Waals surface area contributed by atoms with E-state index in [-0.39, 0.29) is 0 Å².